The number of nitrogens with two attached hydrogens (primary N) is 1. The lowest BCUT2D eigenvalue weighted by Crippen LogP contribution is -2.24. The van der Waals surface area contributed by atoms with Crippen LogP contribution < -0.4 is 15.4 Å². The van der Waals surface area contributed by atoms with Gasteiger partial charge in [0.25, 0.3) is 0 Å². The quantitative estimate of drug-likeness (QED) is 0.577. The molecule has 0 radical (unpaired) electrons. The second-order valence-corrected chi connectivity index (χ2v) is 7.65. The van der Waals surface area contributed by atoms with Crippen LogP contribution >= 0.6 is 0 Å². The Balaban J connectivity index is 1.77. The van der Waals surface area contributed by atoms with Crippen LogP contribution in [0.1, 0.15) is 6.42 Å². The van der Waals surface area contributed by atoms with E-state index in [1.165, 1.54) is 6.07 Å². The Hall–Kier alpha value is -2.72. The van der Waals surface area contributed by atoms with Gasteiger partial charge in [0.2, 0.25) is 10.0 Å². The van der Waals surface area contributed by atoms with E-state index in [0.29, 0.717) is 19.6 Å². The fourth-order valence-corrected chi connectivity index (χ4v) is 3.83. The first-order valence-electron chi connectivity index (χ1n) is 8.06. The number of aromatic nitrogens is 1. The van der Waals surface area contributed by atoms with Crippen molar-refractivity contribution in [2.24, 2.45) is 11.1 Å². The smallest absolute Gasteiger partial charge is 0.312 e. The van der Waals surface area contributed by atoms with E-state index in [2.05, 4.69) is 10.3 Å². The Labute approximate surface area is 151 Å². The summed E-state index contributed by atoms with van der Waals surface area (Å²) in [5.41, 5.74) is -0.185. The van der Waals surface area contributed by atoms with Crippen molar-refractivity contribution in [3.05, 3.63) is 52.7 Å². The number of rotatable bonds is 6. The Morgan fingerprint density at radius 3 is 2.77 bits per heavy atom. The maximum absolute atomic E-state index is 11.7. The first kappa shape index (κ1) is 18.1. The predicted octanol–water partition coefficient (Wildman–Crippen LogP) is 1.58. The number of nitrogens with one attached hydrogen (secondary N) is 1. The number of para-hydroxylation sites is 1. The van der Waals surface area contributed by atoms with E-state index >= 15 is 0 Å². The van der Waals surface area contributed by atoms with Crippen molar-refractivity contribution in [1.82, 2.24) is 4.98 Å². The molecule has 1 saturated heterocycles. The molecule has 3 N–H and O–H groups in total. The van der Waals surface area contributed by atoms with Crippen LogP contribution in [-0.2, 0) is 10.0 Å². The van der Waals surface area contributed by atoms with Gasteiger partial charge in [-0.3, -0.25) is 10.1 Å². The highest BCUT2D eigenvalue weighted by Gasteiger charge is 2.32. The molecule has 0 bridgehead atoms. The van der Waals surface area contributed by atoms with Crippen LogP contribution in [0.2, 0.25) is 0 Å². The molecule has 138 valence electrons. The number of primary sulfonamides is 1. The molecule has 1 aliphatic heterocycles. The lowest BCUT2D eigenvalue weighted by molar-refractivity contribution is -0.387. The van der Waals surface area contributed by atoms with E-state index < -0.39 is 25.5 Å². The van der Waals surface area contributed by atoms with Crippen LogP contribution in [-0.4, -0.2) is 38.0 Å². The van der Waals surface area contributed by atoms with Crippen molar-refractivity contribution in [1.29, 1.82) is 0 Å². The van der Waals surface area contributed by atoms with Gasteiger partial charge in [0, 0.05) is 25.8 Å². The van der Waals surface area contributed by atoms with Gasteiger partial charge in [-0.05, 0) is 36.6 Å². The number of anilines is 2. The van der Waals surface area contributed by atoms with Gasteiger partial charge in [-0.1, -0.05) is 12.1 Å². The molecule has 1 aromatic carbocycles. The zero-order chi connectivity index (χ0) is 18.7. The van der Waals surface area contributed by atoms with E-state index in [1.807, 2.05) is 23.1 Å². The number of nitrogens with zero attached hydrogens (tertiary/aromatic N) is 3. The van der Waals surface area contributed by atoms with Crippen molar-refractivity contribution in [3.8, 4) is 0 Å². The third-order valence-corrected chi connectivity index (χ3v) is 5.27. The summed E-state index contributed by atoms with van der Waals surface area (Å²) in [4.78, 5) is 16.4. The van der Waals surface area contributed by atoms with E-state index in [-0.39, 0.29) is 11.6 Å². The largest absolute Gasteiger partial charge is 0.370 e. The Morgan fingerprint density at radius 1 is 1.31 bits per heavy atom. The van der Waals surface area contributed by atoms with E-state index in [1.54, 1.807) is 12.3 Å². The maximum Gasteiger partial charge on any atom is 0.312 e. The highest BCUT2D eigenvalue weighted by molar-refractivity contribution is 7.89. The molecule has 10 heteroatoms. The summed E-state index contributed by atoms with van der Waals surface area (Å²) in [5.74, 6) is 1.03. The van der Waals surface area contributed by atoms with Crippen LogP contribution in [0.4, 0.5) is 17.2 Å². The van der Waals surface area contributed by atoms with Gasteiger partial charge in [-0.2, -0.15) is 0 Å². The molecule has 3 rings (SSSR count). The Kier molecular flexibility index (Phi) is 5.05. The average molecular weight is 377 g/mol. The summed E-state index contributed by atoms with van der Waals surface area (Å²) in [5, 5.41) is 19.9. The number of benzene rings is 1. The molecule has 0 saturated carbocycles. The summed E-state index contributed by atoms with van der Waals surface area (Å²) < 4.78 is 23.4. The summed E-state index contributed by atoms with van der Waals surface area (Å²) in [7, 11) is -4.18. The van der Waals surface area contributed by atoms with Crippen molar-refractivity contribution < 1.29 is 13.3 Å². The SMILES string of the molecule is NS(=O)(=O)c1cccc(N2CCC(CNc3ccccn3)C2)c1[N+](=O)[O-]. The molecule has 1 aliphatic rings. The number of nitro benzene ring substituents is 1. The zero-order valence-electron chi connectivity index (χ0n) is 13.9. The number of hydrogen-bond donors (Lipinski definition) is 2. The lowest BCUT2D eigenvalue weighted by Gasteiger charge is -2.19. The number of hydrogen-bond acceptors (Lipinski definition) is 7. The highest BCUT2D eigenvalue weighted by atomic mass is 32.2. The molecule has 1 atom stereocenters. The fourth-order valence-electron chi connectivity index (χ4n) is 3.11. The predicted molar refractivity (Wildman–Crippen MR) is 97.5 cm³/mol. The van der Waals surface area contributed by atoms with Gasteiger partial charge in [0.05, 0.1) is 4.92 Å². The summed E-state index contributed by atoms with van der Waals surface area (Å²) in [6.07, 6.45) is 2.53. The van der Waals surface area contributed by atoms with Crippen LogP contribution in [0.25, 0.3) is 0 Å². The van der Waals surface area contributed by atoms with E-state index in [9.17, 15) is 18.5 Å². The Morgan fingerprint density at radius 2 is 2.12 bits per heavy atom. The minimum atomic E-state index is -4.18. The molecule has 1 unspecified atom stereocenters. The van der Waals surface area contributed by atoms with Crippen molar-refractivity contribution >= 4 is 27.2 Å². The average Bonchev–Trinajstić information content (AvgIpc) is 3.08. The van der Waals surface area contributed by atoms with Gasteiger partial charge >= 0.3 is 5.69 Å². The molecular formula is C16H19N5O4S. The molecule has 1 aromatic heterocycles. The monoisotopic (exact) mass is 377 g/mol. The summed E-state index contributed by atoms with van der Waals surface area (Å²) >= 11 is 0. The number of nitro groups is 1. The third-order valence-electron chi connectivity index (χ3n) is 4.33. The zero-order valence-corrected chi connectivity index (χ0v) is 14.7. The van der Waals surface area contributed by atoms with Gasteiger partial charge in [-0.25, -0.2) is 18.5 Å². The normalized spacial score (nSPS) is 17.3. The lowest BCUT2D eigenvalue weighted by atomic mass is 10.1. The second-order valence-electron chi connectivity index (χ2n) is 6.12. The highest BCUT2D eigenvalue weighted by Crippen LogP contribution is 2.36. The molecule has 26 heavy (non-hydrogen) atoms. The summed E-state index contributed by atoms with van der Waals surface area (Å²) in [6.45, 7) is 1.86. The van der Waals surface area contributed by atoms with E-state index in [0.717, 1.165) is 18.3 Å². The molecule has 9 nitrogen and oxygen atoms in total. The summed E-state index contributed by atoms with van der Waals surface area (Å²) in [6, 6.07) is 9.78. The molecule has 2 aromatic rings. The molecule has 0 amide bonds. The van der Waals surface area contributed by atoms with Crippen LogP contribution in [0.15, 0.2) is 47.5 Å². The second kappa shape index (κ2) is 7.26. The number of pyridine rings is 1. The minimum absolute atomic E-state index is 0.259. The van der Waals surface area contributed by atoms with Crippen LogP contribution in [0.3, 0.4) is 0 Å². The molecule has 0 spiro atoms. The van der Waals surface area contributed by atoms with Gasteiger partial charge in [0.15, 0.2) is 4.90 Å². The molecule has 0 aliphatic carbocycles. The van der Waals surface area contributed by atoms with Crippen LogP contribution in [0.5, 0.6) is 0 Å². The van der Waals surface area contributed by atoms with Gasteiger partial charge < -0.3 is 10.2 Å². The van der Waals surface area contributed by atoms with Crippen molar-refractivity contribution in [2.45, 2.75) is 11.3 Å². The molecule has 2 heterocycles. The van der Waals surface area contributed by atoms with Crippen molar-refractivity contribution in [3.63, 3.8) is 0 Å². The third kappa shape index (κ3) is 3.92. The van der Waals surface area contributed by atoms with Gasteiger partial charge in [-0.15, -0.1) is 0 Å². The van der Waals surface area contributed by atoms with Crippen LogP contribution in [0, 0.1) is 16.0 Å². The minimum Gasteiger partial charge on any atom is -0.370 e. The molecular weight excluding hydrogens is 358 g/mol. The Bertz CT molecular complexity index is 904. The van der Waals surface area contributed by atoms with Gasteiger partial charge in [0.1, 0.15) is 11.5 Å². The standard InChI is InChI=1S/C16H19N5O4S/c17-26(24,25)14-5-3-4-13(16(14)21(22)23)20-9-7-12(11-20)10-19-15-6-1-2-8-18-15/h1-6,8,12H,7,9-11H2,(H,18,19)(H2,17,24,25). The number of sulfonamides is 1. The first-order valence-corrected chi connectivity index (χ1v) is 9.61. The molecule has 1 fully saturated rings. The fraction of sp³-hybridized carbons (Fsp3) is 0.312. The van der Waals surface area contributed by atoms with Crippen molar-refractivity contribution in [2.75, 3.05) is 29.9 Å². The topological polar surface area (TPSA) is 131 Å². The van der Waals surface area contributed by atoms with E-state index in [4.69, 9.17) is 5.14 Å². The maximum atomic E-state index is 11.7. The first-order chi connectivity index (χ1) is 12.4.